The van der Waals surface area contributed by atoms with Crippen LogP contribution in [0, 0.1) is 24.5 Å². The summed E-state index contributed by atoms with van der Waals surface area (Å²) in [5, 5.41) is 6.63. The fraction of sp³-hybridized carbons (Fsp3) is 0.410. The number of imide groups is 1. The van der Waals surface area contributed by atoms with Gasteiger partial charge in [-0.15, -0.1) is 0 Å². The van der Waals surface area contributed by atoms with E-state index in [9.17, 15) is 9.59 Å². The summed E-state index contributed by atoms with van der Waals surface area (Å²) >= 11 is 3.61. The smallest absolute Gasteiger partial charge is 0.234 e. The third-order valence-electron chi connectivity index (χ3n) is 10.9. The number of piperazine rings is 1. The standard InChI is InChI=1S/C39H42BrF2N9O3/c1-22-19-49(20-24-10-12-50(13-11-24)26-16-31(41)34(32(42)17-26)28-8-9-33(52)44-39(28)53)14-15-51(22)25-4-6-27(7-5-25)54-36-30(40)18-43-38-35(36)45-37(46-38)29-21-48(3)47-23(29)2/h4-7,16-18,21-22,24,28H,8-15,19-20H2,1-3H3,(H,43,45,46)(H,44,52,53)/t22-,28?/m0/s1. The maximum absolute atomic E-state index is 15.2. The van der Waals surface area contributed by atoms with Crippen LogP contribution in [-0.2, 0) is 16.6 Å². The van der Waals surface area contributed by atoms with Crippen molar-refractivity contribution in [1.29, 1.82) is 0 Å². The largest absolute Gasteiger partial charge is 0.454 e. The van der Waals surface area contributed by atoms with Gasteiger partial charge in [0.15, 0.2) is 11.4 Å². The molecule has 0 spiro atoms. The molecule has 3 aliphatic rings. The van der Waals surface area contributed by atoms with E-state index < -0.39 is 29.4 Å². The molecule has 0 saturated carbocycles. The van der Waals surface area contributed by atoms with Crippen LogP contribution in [0.3, 0.4) is 0 Å². The predicted octanol–water partition coefficient (Wildman–Crippen LogP) is 6.45. The van der Waals surface area contributed by atoms with E-state index in [0.717, 1.165) is 60.4 Å². The number of carbonyl (C=O) groups excluding carboxylic acids is 2. The van der Waals surface area contributed by atoms with Crippen LogP contribution in [0.25, 0.3) is 22.6 Å². The fourth-order valence-electron chi connectivity index (χ4n) is 8.17. The predicted molar refractivity (Wildman–Crippen MR) is 205 cm³/mol. The Hall–Kier alpha value is -4.89. The average molecular weight is 803 g/mol. The number of hydrogen-bond acceptors (Lipinski definition) is 9. The SMILES string of the molecule is Cc1nn(C)cc1-c1nc2ncc(Br)c(Oc3ccc(N4CCN(CC5CCN(c6cc(F)c(C7CCC(=O)NC7=O)c(F)c6)CC5)C[C@@H]4C)cc3)c2[nH]1. The van der Waals surface area contributed by atoms with E-state index in [2.05, 4.69) is 65.2 Å². The van der Waals surface area contributed by atoms with Gasteiger partial charge in [-0.05, 0) is 91.4 Å². The summed E-state index contributed by atoms with van der Waals surface area (Å²) in [5.74, 6) is -1.03. The van der Waals surface area contributed by atoms with E-state index in [1.807, 2.05) is 37.2 Å². The van der Waals surface area contributed by atoms with Gasteiger partial charge in [0.25, 0.3) is 0 Å². The number of anilines is 2. The average Bonchev–Trinajstić information content (AvgIpc) is 3.73. The number of amides is 2. The van der Waals surface area contributed by atoms with Crippen LogP contribution in [0.1, 0.15) is 49.8 Å². The first-order valence-corrected chi connectivity index (χ1v) is 19.2. The molecule has 2 atom stereocenters. The molecular weight excluding hydrogens is 760 g/mol. The van der Waals surface area contributed by atoms with Crippen molar-refractivity contribution in [2.24, 2.45) is 13.0 Å². The van der Waals surface area contributed by atoms with Crippen molar-refractivity contribution in [1.82, 2.24) is 34.9 Å². The highest BCUT2D eigenvalue weighted by Gasteiger charge is 2.34. The minimum atomic E-state index is -0.995. The monoisotopic (exact) mass is 801 g/mol. The summed E-state index contributed by atoms with van der Waals surface area (Å²) in [7, 11) is 1.88. The van der Waals surface area contributed by atoms with E-state index >= 15 is 8.78 Å². The molecule has 0 aliphatic carbocycles. The highest BCUT2D eigenvalue weighted by molar-refractivity contribution is 9.10. The molecule has 8 rings (SSSR count). The van der Waals surface area contributed by atoms with Crippen LogP contribution >= 0.6 is 15.9 Å². The zero-order valence-corrected chi connectivity index (χ0v) is 32.0. The van der Waals surface area contributed by atoms with Gasteiger partial charge in [-0.3, -0.25) is 24.5 Å². The zero-order valence-electron chi connectivity index (χ0n) is 30.4. The molecule has 2 N–H and O–H groups in total. The normalized spacial score (nSPS) is 20.2. The number of H-pyrrole nitrogens is 1. The van der Waals surface area contributed by atoms with Crippen LogP contribution in [0.5, 0.6) is 11.5 Å². The number of carbonyl (C=O) groups is 2. The molecule has 3 saturated heterocycles. The molecule has 2 amide bonds. The lowest BCUT2D eigenvalue weighted by molar-refractivity contribution is -0.134. The number of nitrogens with one attached hydrogen (secondary N) is 2. The number of pyridine rings is 1. The Bertz CT molecular complexity index is 2190. The molecule has 0 radical (unpaired) electrons. The van der Waals surface area contributed by atoms with E-state index in [1.54, 1.807) is 10.9 Å². The van der Waals surface area contributed by atoms with Crippen LogP contribution in [0.4, 0.5) is 20.2 Å². The number of benzene rings is 2. The second kappa shape index (κ2) is 14.7. The van der Waals surface area contributed by atoms with E-state index in [1.165, 1.54) is 12.1 Å². The number of fused-ring (bicyclic) bond motifs is 1. The maximum Gasteiger partial charge on any atom is 0.234 e. The molecule has 6 heterocycles. The highest BCUT2D eigenvalue weighted by Crippen LogP contribution is 2.38. The van der Waals surface area contributed by atoms with E-state index in [4.69, 9.17) is 9.72 Å². The molecule has 3 fully saturated rings. The van der Waals surface area contributed by atoms with Crippen molar-refractivity contribution < 1.29 is 23.1 Å². The van der Waals surface area contributed by atoms with Gasteiger partial charge in [0.05, 0.1) is 21.6 Å². The number of rotatable bonds is 8. The van der Waals surface area contributed by atoms with Gasteiger partial charge in [0.2, 0.25) is 11.8 Å². The summed E-state index contributed by atoms with van der Waals surface area (Å²) in [6.07, 6.45) is 5.65. The molecule has 1 unspecified atom stereocenters. The maximum atomic E-state index is 15.2. The number of aryl methyl sites for hydroxylation is 2. The van der Waals surface area contributed by atoms with Crippen molar-refractivity contribution in [3.63, 3.8) is 0 Å². The van der Waals surface area contributed by atoms with Crippen molar-refractivity contribution in [3.05, 3.63) is 76.2 Å². The number of piperidine rings is 2. The van der Waals surface area contributed by atoms with Gasteiger partial charge >= 0.3 is 0 Å². The molecule has 12 nitrogen and oxygen atoms in total. The van der Waals surface area contributed by atoms with E-state index in [0.29, 0.717) is 59.2 Å². The summed E-state index contributed by atoms with van der Waals surface area (Å²) in [4.78, 5) is 43.3. The number of nitrogens with zero attached hydrogens (tertiary/aromatic N) is 7. The first kappa shape index (κ1) is 36.1. The first-order valence-electron chi connectivity index (χ1n) is 18.4. The third-order valence-corrected chi connectivity index (χ3v) is 11.5. The Balaban J connectivity index is 0.849. The molecule has 15 heteroatoms. The fourth-order valence-corrected chi connectivity index (χ4v) is 8.55. The third kappa shape index (κ3) is 7.18. The number of ether oxygens (including phenoxy) is 1. The van der Waals surface area contributed by atoms with Gasteiger partial charge in [-0.1, -0.05) is 0 Å². The van der Waals surface area contributed by atoms with Crippen LogP contribution in [0.15, 0.2) is 53.3 Å². The molecule has 3 aromatic heterocycles. The Labute approximate surface area is 320 Å². The summed E-state index contributed by atoms with van der Waals surface area (Å²) < 4.78 is 39.2. The number of halogens is 3. The van der Waals surface area contributed by atoms with Crippen LogP contribution in [-0.4, -0.2) is 86.8 Å². The Morgan fingerprint density at radius 1 is 1.00 bits per heavy atom. The first-order chi connectivity index (χ1) is 26.0. The lowest BCUT2D eigenvalue weighted by atomic mass is 9.89. The summed E-state index contributed by atoms with van der Waals surface area (Å²) in [6, 6.07) is 11.2. The topological polar surface area (TPSA) is 125 Å². The quantitative estimate of drug-likeness (QED) is 0.171. The lowest BCUT2D eigenvalue weighted by Gasteiger charge is -2.43. The van der Waals surface area contributed by atoms with Crippen molar-refractivity contribution in [2.75, 3.05) is 49.1 Å². The lowest BCUT2D eigenvalue weighted by Crippen LogP contribution is -2.53. The Morgan fingerprint density at radius 2 is 1.74 bits per heavy atom. The highest BCUT2D eigenvalue weighted by atomic mass is 79.9. The van der Waals surface area contributed by atoms with Gasteiger partial charge in [-0.25, -0.2) is 18.7 Å². The summed E-state index contributed by atoms with van der Waals surface area (Å²) in [5.41, 5.74) is 4.42. The van der Waals surface area contributed by atoms with Crippen molar-refractivity contribution in [2.45, 2.75) is 51.5 Å². The van der Waals surface area contributed by atoms with Crippen molar-refractivity contribution in [3.8, 4) is 22.9 Å². The molecule has 282 valence electrons. The summed E-state index contributed by atoms with van der Waals surface area (Å²) in [6.45, 7) is 9.39. The molecule has 0 bridgehead atoms. The van der Waals surface area contributed by atoms with Gasteiger partial charge in [0, 0.05) is 88.1 Å². The zero-order chi connectivity index (χ0) is 37.7. The second-order valence-corrected chi connectivity index (χ2v) is 15.5. The number of aromatic amines is 1. The van der Waals surface area contributed by atoms with Gasteiger partial charge < -0.3 is 19.5 Å². The molecule has 5 aromatic rings. The van der Waals surface area contributed by atoms with Gasteiger partial charge in [-0.2, -0.15) is 5.10 Å². The Morgan fingerprint density at radius 3 is 2.41 bits per heavy atom. The number of imidazole rings is 1. The number of hydrogen-bond donors (Lipinski definition) is 2. The van der Waals surface area contributed by atoms with Crippen LogP contribution < -0.4 is 19.9 Å². The molecular formula is C39H42BrF2N9O3. The second-order valence-electron chi connectivity index (χ2n) is 14.7. The van der Waals surface area contributed by atoms with Crippen LogP contribution in [0.2, 0.25) is 0 Å². The number of aromatic nitrogens is 5. The molecule has 3 aliphatic heterocycles. The minimum absolute atomic E-state index is 0.0682. The minimum Gasteiger partial charge on any atom is -0.454 e. The Kier molecular flexibility index (Phi) is 9.86. The van der Waals surface area contributed by atoms with Gasteiger partial charge in [0.1, 0.15) is 28.7 Å². The van der Waals surface area contributed by atoms with E-state index in [-0.39, 0.29) is 18.4 Å². The molecule has 54 heavy (non-hydrogen) atoms. The molecule has 2 aromatic carbocycles. The van der Waals surface area contributed by atoms with Crippen molar-refractivity contribution >= 4 is 50.3 Å².